The summed E-state index contributed by atoms with van der Waals surface area (Å²) in [4.78, 5) is 34.3. The number of rotatable bonds is 5. The standard InChI is InChI=1S/C16H6F4I3NO5/c17-10-9(16(27)28)11(18)13(20)15(12(10)19)29-8(26)3-7(25)24-4-1-5(21)14(23)6(22)2-4/h1-2H,3H2,(H,24,25)(H,27,28)/p-1. The lowest BCUT2D eigenvalue weighted by Gasteiger charge is -2.12. The van der Waals surface area contributed by atoms with Crippen molar-refractivity contribution in [3.8, 4) is 5.75 Å². The first-order valence-electron chi connectivity index (χ1n) is 7.16. The number of carbonyl (C=O) groups excluding carboxylic acids is 3. The van der Waals surface area contributed by atoms with E-state index in [0.717, 1.165) is 10.7 Å². The molecular weight excluding hydrogens is 743 g/mol. The maximum absolute atomic E-state index is 13.8. The first-order chi connectivity index (χ1) is 13.4. The SMILES string of the molecule is O=C(CC(=O)Oc1c(F)c(F)c(C(=O)[O-])c(F)c1F)Nc1cc(I)c(I)c(I)c1. The number of esters is 1. The van der Waals surface area contributed by atoms with Gasteiger partial charge in [0.25, 0.3) is 0 Å². The zero-order chi connectivity index (χ0) is 22.0. The molecule has 0 aliphatic heterocycles. The van der Waals surface area contributed by atoms with Crippen molar-refractivity contribution >= 4 is 91.3 Å². The van der Waals surface area contributed by atoms with Gasteiger partial charge in [0.05, 0.1) is 11.5 Å². The number of ether oxygens (including phenoxy) is 1. The Morgan fingerprint density at radius 3 is 1.86 bits per heavy atom. The summed E-state index contributed by atoms with van der Waals surface area (Å²) < 4.78 is 61.5. The Balaban J connectivity index is 2.17. The molecule has 0 aliphatic carbocycles. The molecule has 0 saturated heterocycles. The maximum atomic E-state index is 13.8. The van der Waals surface area contributed by atoms with Gasteiger partial charge in [0.2, 0.25) is 23.3 Å². The lowest BCUT2D eigenvalue weighted by Crippen LogP contribution is -2.27. The van der Waals surface area contributed by atoms with Crippen LogP contribution in [0.4, 0.5) is 23.2 Å². The minimum atomic E-state index is -2.50. The van der Waals surface area contributed by atoms with Crippen molar-refractivity contribution in [2.75, 3.05) is 5.32 Å². The number of nitrogens with one attached hydrogen (secondary N) is 1. The van der Waals surface area contributed by atoms with Gasteiger partial charge in [-0.3, -0.25) is 9.59 Å². The minimum Gasteiger partial charge on any atom is -0.545 e. The largest absolute Gasteiger partial charge is 0.545 e. The predicted molar refractivity (Wildman–Crippen MR) is 114 cm³/mol. The number of carboxylic acids is 1. The monoisotopic (exact) mass is 748 g/mol. The van der Waals surface area contributed by atoms with Crippen LogP contribution >= 0.6 is 67.8 Å². The van der Waals surface area contributed by atoms with Gasteiger partial charge in [-0.1, -0.05) is 0 Å². The van der Waals surface area contributed by atoms with E-state index in [9.17, 15) is 37.1 Å². The highest BCUT2D eigenvalue weighted by molar-refractivity contribution is 14.1. The van der Waals surface area contributed by atoms with Crippen molar-refractivity contribution in [3.63, 3.8) is 0 Å². The Labute approximate surface area is 200 Å². The molecule has 2 rings (SSSR count). The van der Waals surface area contributed by atoms with Gasteiger partial charge in [-0.2, -0.15) is 8.78 Å². The van der Waals surface area contributed by atoms with Crippen molar-refractivity contribution in [2.24, 2.45) is 0 Å². The van der Waals surface area contributed by atoms with E-state index >= 15 is 0 Å². The first-order valence-corrected chi connectivity index (χ1v) is 10.4. The number of halogens is 7. The summed E-state index contributed by atoms with van der Waals surface area (Å²) in [6.45, 7) is 0. The fourth-order valence-electron chi connectivity index (χ4n) is 1.99. The average Bonchev–Trinajstić information content (AvgIpc) is 2.61. The Morgan fingerprint density at radius 1 is 0.931 bits per heavy atom. The molecule has 0 aromatic heterocycles. The molecule has 0 atom stereocenters. The van der Waals surface area contributed by atoms with E-state index in [1.54, 1.807) is 12.1 Å². The van der Waals surface area contributed by atoms with Crippen LogP contribution in [0.1, 0.15) is 16.8 Å². The third kappa shape index (κ3) is 5.47. The van der Waals surface area contributed by atoms with E-state index in [4.69, 9.17) is 0 Å². The summed E-state index contributed by atoms with van der Waals surface area (Å²) in [6, 6.07) is 3.22. The summed E-state index contributed by atoms with van der Waals surface area (Å²) in [7, 11) is 0. The van der Waals surface area contributed by atoms with Crippen LogP contribution in [0, 0.1) is 34.0 Å². The topological polar surface area (TPSA) is 95.5 Å². The molecule has 2 aromatic carbocycles. The van der Waals surface area contributed by atoms with Gasteiger partial charge in [0.15, 0.2) is 11.6 Å². The molecule has 1 amide bonds. The third-order valence-corrected chi connectivity index (χ3v) is 8.14. The second-order valence-corrected chi connectivity index (χ2v) is 8.60. The highest BCUT2D eigenvalue weighted by Crippen LogP contribution is 2.30. The molecule has 154 valence electrons. The van der Waals surface area contributed by atoms with E-state index < -0.39 is 58.8 Å². The molecule has 0 radical (unpaired) electrons. The lowest BCUT2D eigenvalue weighted by molar-refractivity contribution is -0.255. The van der Waals surface area contributed by atoms with Crippen LogP contribution in [0.3, 0.4) is 0 Å². The van der Waals surface area contributed by atoms with Gasteiger partial charge in [-0.05, 0) is 79.9 Å². The van der Waals surface area contributed by atoms with Gasteiger partial charge in [0.1, 0.15) is 6.42 Å². The lowest BCUT2D eigenvalue weighted by atomic mass is 10.1. The smallest absolute Gasteiger partial charge is 0.320 e. The molecular formula is C16H5F4I3NO5-. The van der Waals surface area contributed by atoms with Crippen LogP contribution < -0.4 is 15.2 Å². The Kier molecular flexibility index (Phi) is 8.05. The Hall–Kier alpha value is -1.24. The number of benzene rings is 2. The van der Waals surface area contributed by atoms with Gasteiger partial charge in [-0.15, -0.1) is 0 Å². The molecule has 13 heteroatoms. The van der Waals surface area contributed by atoms with Crippen molar-refractivity contribution in [1.82, 2.24) is 0 Å². The van der Waals surface area contributed by atoms with Crippen molar-refractivity contribution < 1.29 is 41.8 Å². The number of aromatic carboxylic acids is 1. The van der Waals surface area contributed by atoms with Crippen LogP contribution in [-0.4, -0.2) is 17.8 Å². The Morgan fingerprint density at radius 2 is 1.41 bits per heavy atom. The highest BCUT2D eigenvalue weighted by atomic mass is 127. The summed E-state index contributed by atoms with van der Waals surface area (Å²) >= 11 is 6.15. The van der Waals surface area contributed by atoms with Crippen molar-refractivity contribution in [3.05, 3.63) is 51.7 Å². The normalized spacial score (nSPS) is 10.6. The molecule has 0 aliphatic rings. The second-order valence-electron chi connectivity index (χ2n) is 5.20. The highest BCUT2D eigenvalue weighted by Gasteiger charge is 2.29. The van der Waals surface area contributed by atoms with Crippen LogP contribution in [0.5, 0.6) is 5.75 Å². The summed E-state index contributed by atoms with van der Waals surface area (Å²) in [5, 5.41) is 13.0. The number of amides is 1. The average molecular weight is 748 g/mol. The molecule has 0 saturated carbocycles. The van der Waals surface area contributed by atoms with E-state index in [1.807, 2.05) is 45.2 Å². The number of anilines is 1. The van der Waals surface area contributed by atoms with E-state index in [0.29, 0.717) is 5.69 Å². The van der Waals surface area contributed by atoms with Gasteiger partial charge < -0.3 is 20.0 Å². The summed E-state index contributed by atoms with van der Waals surface area (Å²) in [5.41, 5.74) is -1.65. The Bertz CT molecular complexity index is 996. The maximum Gasteiger partial charge on any atom is 0.320 e. The van der Waals surface area contributed by atoms with E-state index in [1.165, 1.54) is 0 Å². The molecule has 0 heterocycles. The molecule has 2 aromatic rings. The number of hydrogen-bond donors (Lipinski definition) is 1. The molecule has 29 heavy (non-hydrogen) atoms. The van der Waals surface area contributed by atoms with E-state index in [-0.39, 0.29) is 0 Å². The fourth-order valence-corrected chi connectivity index (χ4v) is 4.07. The quantitative estimate of drug-likeness (QED) is 0.0964. The van der Waals surface area contributed by atoms with Crippen molar-refractivity contribution in [2.45, 2.75) is 6.42 Å². The molecule has 6 nitrogen and oxygen atoms in total. The van der Waals surface area contributed by atoms with Gasteiger partial charge in [-0.25, -0.2) is 8.78 Å². The molecule has 0 fully saturated rings. The zero-order valence-corrected chi connectivity index (χ0v) is 20.0. The predicted octanol–water partition coefficient (Wildman–Crippen LogP) is 3.35. The van der Waals surface area contributed by atoms with Crippen molar-refractivity contribution in [1.29, 1.82) is 0 Å². The molecule has 0 bridgehead atoms. The zero-order valence-electron chi connectivity index (χ0n) is 13.5. The molecule has 1 N–H and O–H groups in total. The second kappa shape index (κ2) is 9.71. The summed E-state index contributed by atoms with van der Waals surface area (Å²) in [5.74, 6) is -15.9. The molecule has 0 unspecified atom stereocenters. The molecule has 0 spiro atoms. The number of carbonyl (C=O) groups is 3. The van der Waals surface area contributed by atoms with Crippen LogP contribution in [0.2, 0.25) is 0 Å². The van der Waals surface area contributed by atoms with Crippen LogP contribution in [-0.2, 0) is 9.59 Å². The van der Waals surface area contributed by atoms with Gasteiger partial charge in [0, 0.05) is 16.4 Å². The first kappa shape index (κ1) is 24.0. The van der Waals surface area contributed by atoms with Crippen LogP contribution in [0.25, 0.3) is 0 Å². The van der Waals surface area contributed by atoms with Crippen LogP contribution in [0.15, 0.2) is 12.1 Å². The number of carboxylic acid groups (broad SMARTS) is 1. The minimum absolute atomic E-state index is 0.338. The van der Waals surface area contributed by atoms with Gasteiger partial charge >= 0.3 is 5.97 Å². The number of hydrogen-bond acceptors (Lipinski definition) is 5. The van der Waals surface area contributed by atoms with E-state index in [2.05, 4.69) is 32.6 Å². The fraction of sp³-hybridized carbons (Fsp3) is 0.0625. The summed E-state index contributed by atoms with van der Waals surface area (Å²) in [6.07, 6.45) is -1.04. The third-order valence-electron chi connectivity index (χ3n) is 3.22.